The summed E-state index contributed by atoms with van der Waals surface area (Å²) in [6, 6.07) is 16.9. The minimum absolute atomic E-state index is 0.168. The highest BCUT2D eigenvalue weighted by Gasteiger charge is 2.15. The van der Waals surface area contributed by atoms with Gasteiger partial charge in [-0.1, -0.05) is 18.2 Å². The summed E-state index contributed by atoms with van der Waals surface area (Å²) in [6.07, 6.45) is 0. The van der Waals surface area contributed by atoms with Gasteiger partial charge in [0.1, 0.15) is 0 Å². The summed E-state index contributed by atoms with van der Waals surface area (Å²) in [7, 11) is 3.19. The molecule has 4 aromatic rings. The molecule has 0 spiro atoms. The zero-order valence-corrected chi connectivity index (χ0v) is 16.2. The van der Waals surface area contributed by atoms with Gasteiger partial charge in [0.25, 0.3) is 5.91 Å². The van der Waals surface area contributed by atoms with Gasteiger partial charge < -0.3 is 14.8 Å². The van der Waals surface area contributed by atoms with E-state index in [0.717, 1.165) is 22.2 Å². The van der Waals surface area contributed by atoms with Gasteiger partial charge in [0.2, 0.25) is 0 Å². The number of anilines is 1. The van der Waals surface area contributed by atoms with Gasteiger partial charge in [-0.15, -0.1) is 0 Å². The van der Waals surface area contributed by atoms with Gasteiger partial charge in [-0.2, -0.15) is 11.3 Å². The molecule has 2 aromatic heterocycles. The summed E-state index contributed by atoms with van der Waals surface area (Å²) in [5, 5.41) is 7.58. The van der Waals surface area contributed by atoms with E-state index in [-0.39, 0.29) is 5.91 Å². The highest BCUT2D eigenvalue weighted by atomic mass is 32.1. The van der Waals surface area contributed by atoms with E-state index in [1.807, 2.05) is 65.4 Å². The van der Waals surface area contributed by atoms with Crippen molar-refractivity contribution in [2.75, 3.05) is 19.5 Å². The van der Waals surface area contributed by atoms with Crippen molar-refractivity contribution < 1.29 is 14.3 Å². The summed E-state index contributed by atoms with van der Waals surface area (Å²) < 4.78 is 10.7. The second-order valence-corrected chi connectivity index (χ2v) is 6.89. The van der Waals surface area contributed by atoms with Crippen molar-refractivity contribution in [3.63, 3.8) is 0 Å². The number of ether oxygens (including phenoxy) is 2. The number of hydrogen-bond acceptors (Lipinski definition) is 5. The fraction of sp³-hybridized carbons (Fsp3) is 0.0909. The smallest absolute Gasteiger partial charge is 0.256 e. The largest absolute Gasteiger partial charge is 0.493 e. The first kappa shape index (κ1) is 18.0. The third kappa shape index (κ3) is 3.42. The second-order valence-electron chi connectivity index (χ2n) is 6.11. The number of methoxy groups -OCH3 is 2. The van der Waals surface area contributed by atoms with Crippen LogP contribution in [-0.2, 0) is 0 Å². The van der Waals surface area contributed by atoms with Crippen LogP contribution in [0.25, 0.3) is 22.2 Å². The van der Waals surface area contributed by atoms with Gasteiger partial charge in [-0.05, 0) is 41.8 Å². The van der Waals surface area contributed by atoms with Crippen molar-refractivity contribution in [3.8, 4) is 22.8 Å². The van der Waals surface area contributed by atoms with Gasteiger partial charge in [-0.25, -0.2) is 4.98 Å². The van der Waals surface area contributed by atoms with E-state index in [2.05, 4.69) is 5.32 Å². The van der Waals surface area contributed by atoms with Gasteiger partial charge in [0.15, 0.2) is 11.5 Å². The van der Waals surface area contributed by atoms with E-state index in [4.69, 9.17) is 14.5 Å². The number of amides is 1. The van der Waals surface area contributed by atoms with Gasteiger partial charge in [-0.3, -0.25) is 4.79 Å². The van der Waals surface area contributed by atoms with Gasteiger partial charge in [0.05, 0.1) is 36.7 Å². The Kier molecular flexibility index (Phi) is 4.95. The molecule has 0 aliphatic carbocycles. The molecule has 5 nitrogen and oxygen atoms in total. The Morgan fingerprint density at radius 1 is 1.00 bits per heavy atom. The summed E-state index contributed by atoms with van der Waals surface area (Å²) in [4.78, 5) is 17.7. The number of nitrogens with zero attached hydrogens (tertiary/aromatic N) is 1. The molecule has 1 N–H and O–H groups in total. The van der Waals surface area contributed by atoms with E-state index in [1.165, 1.54) is 11.3 Å². The van der Waals surface area contributed by atoms with Crippen LogP contribution in [0.1, 0.15) is 10.4 Å². The fourth-order valence-corrected chi connectivity index (χ4v) is 3.63. The molecule has 0 aliphatic rings. The van der Waals surface area contributed by atoms with Crippen LogP contribution in [0.15, 0.2) is 65.4 Å². The number of thiophene rings is 1. The van der Waals surface area contributed by atoms with Crippen LogP contribution in [0.2, 0.25) is 0 Å². The molecule has 0 saturated carbocycles. The van der Waals surface area contributed by atoms with E-state index in [9.17, 15) is 4.79 Å². The maximum atomic E-state index is 13.0. The molecule has 1 amide bonds. The Labute approximate surface area is 166 Å². The van der Waals surface area contributed by atoms with Gasteiger partial charge in [0, 0.05) is 16.3 Å². The molecule has 0 fully saturated rings. The van der Waals surface area contributed by atoms with Crippen molar-refractivity contribution in [1.82, 2.24) is 4.98 Å². The van der Waals surface area contributed by atoms with Crippen LogP contribution in [-0.4, -0.2) is 25.1 Å². The maximum Gasteiger partial charge on any atom is 0.256 e. The Bertz CT molecular complexity index is 1140. The SMILES string of the molecule is COc1ccc(-c2cc(C(=O)Nc3ccsc3)c3ccccc3n2)cc1OC. The Balaban J connectivity index is 1.83. The number of fused-ring (bicyclic) bond motifs is 1. The molecular weight excluding hydrogens is 372 g/mol. The Hall–Kier alpha value is -3.38. The van der Waals surface area contributed by atoms with Crippen molar-refractivity contribution >= 4 is 33.8 Å². The standard InChI is InChI=1S/C22H18N2O3S/c1-26-20-8-7-14(11-21(20)27-2)19-12-17(16-5-3-4-6-18(16)24-19)22(25)23-15-9-10-28-13-15/h3-13H,1-2H3,(H,23,25). The number of rotatable bonds is 5. The number of carbonyl (C=O) groups is 1. The first-order valence-corrected chi connectivity index (χ1v) is 9.59. The summed E-state index contributed by atoms with van der Waals surface area (Å²) in [6.45, 7) is 0. The number of pyridine rings is 1. The number of carbonyl (C=O) groups excluding carboxylic acids is 1. The molecule has 2 aromatic carbocycles. The van der Waals surface area contributed by atoms with Crippen LogP contribution in [0.5, 0.6) is 11.5 Å². The molecule has 0 atom stereocenters. The number of hydrogen-bond donors (Lipinski definition) is 1. The molecule has 4 rings (SSSR count). The van der Waals surface area contributed by atoms with Crippen molar-refractivity contribution in [2.24, 2.45) is 0 Å². The first-order valence-electron chi connectivity index (χ1n) is 8.65. The Morgan fingerprint density at radius 3 is 2.57 bits per heavy atom. The van der Waals surface area contributed by atoms with Crippen molar-refractivity contribution in [1.29, 1.82) is 0 Å². The normalized spacial score (nSPS) is 10.6. The average molecular weight is 390 g/mol. The lowest BCUT2D eigenvalue weighted by Gasteiger charge is -2.12. The van der Waals surface area contributed by atoms with E-state index >= 15 is 0 Å². The third-order valence-corrected chi connectivity index (χ3v) is 5.10. The quantitative estimate of drug-likeness (QED) is 0.507. The molecular formula is C22H18N2O3S. The van der Waals surface area contributed by atoms with E-state index in [1.54, 1.807) is 14.2 Å². The average Bonchev–Trinajstić information content (AvgIpc) is 3.25. The molecule has 28 heavy (non-hydrogen) atoms. The topological polar surface area (TPSA) is 60.5 Å². The lowest BCUT2D eigenvalue weighted by atomic mass is 10.0. The minimum Gasteiger partial charge on any atom is -0.493 e. The molecule has 0 bridgehead atoms. The fourth-order valence-electron chi connectivity index (χ4n) is 3.04. The number of benzene rings is 2. The first-order chi connectivity index (χ1) is 13.7. The number of nitrogens with one attached hydrogen (secondary N) is 1. The number of aromatic nitrogens is 1. The second kappa shape index (κ2) is 7.70. The van der Waals surface area contributed by atoms with Crippen molar-refractivity contribution in [3.05, 3.63) is 70.9 Å². The highest BCUT2D eigenvalue weighted by Crippen LogP contribution is 2.33. The van der Waals surface area contributed by atoms with Crippen LogP contribution in [0.4, 0.5) is 5.69 Å². The molecule has 0 saturated heterocycles. The zero-order valence-electron chi connectivity index (χ0n) is 15.4. The van der Waals surface area contributed by atoms with Crippen LogP contribution < -0.4 is 14.8 Å². The molecule has 0 unspecified atom stereocenters. The number of para-hydroxylation sites is 1. The Morgan fingerprint density at radius 2 is 1.82 bits per heavy atom. The molecule has 0 radical (unpaired) electrons. The summed E-state index contributed by atoms with van der Waals surface area (Å²) in [5.74, 6) is 1.08. The monoisotopic (exact) mass is 390 g/mol. The third-order valence-electron chi connectivity index (χ3n) is 4.42. The lowest BCUT2D eigenvalue weighted by Crippen LogP contribution is -2.12. The predicted octanol–water partition coefficient (Wildman–Crippen LogP) is 5.23. The molecule has 140 valence electrons. The minimum atomic E-state index is -0.168. The van der Waals surface area contributed by atoms with E-state index < -0.39 is 0 Å². The predicted molar refractivity (Wildman–Crippen MR) is 113 cm³/mol. The zero-order chi connectivity index (χ0) is 19.5. The molecule has 0 aliphatic heterocycles. The summed E-state index contributed by atoms with van der Waals surface area (Å²) in [5.41, 5.74) is 3.64. The maximum absolute atomic E-state index is 13.0. The molecule has 6 heteroatoms. The highest BCUT2D eigenvalue weighted by molar-refractivity contribution is 7.08. The van der Waals surface area contributed by atoms with Crippen LogP contribution in [0.3, 0.4) is 0 Å². The molecule has 2 heterocycles. The van der Waals surface area contributed by atoms with Gasteiger partial charge >= 0.3 is 0 Å². The van der Waals surface area contributed by atoms with Crippen LogP contribution in [0, 0.1) is 0 Å². The van der Waals surface area contributed by atoms with E-state index in [0.29, 0.717) is 22.8 Å². The van der Waals surface area contributed by atoms with Crippen LogP contribution >= 0.6 is 11.3 Å². The van der Waals surface area contributed by atoms with Crippen molar-refractivity contribution in [2.45, 2.75) is 0 Å². The summed E-state index contributed by atoms with van der Waals surface area (Å²) >= 11 is 1.54. The lowest BCUT2D eigenvalue weighted by molar-refractivity contribution is 0.102.